The van der Waals surface area contributed by atoms with Crippen molar-refractivity contribution in [2.24, 2.45) is 5.92 Å². The van der Waals surface area contributed by atoms with Crippen LogP contribution < -0.4 is 10.4 Å². The number of amides is 2. The average molecular weight is 487 g/mol. The number of carbonyl (C=O) groups excluding carboxylic acids is 2. The number of methoxy groups -OCH3 is 1. The minimum atomic E-state index is -0.518. The van der Waals surface area contributed by atoms with E-state index in [0.717, 1.165) is 26.1 Å². The second-order valence-corrected chi connectivity index (χ2v) is 6.53. The van der Waals surface area contributed by atoms with E-state index < -0.39 is 5.92 Å². The zero-order valence-corrected chi connectivity index (χ0v) is 21.5. The van der Waals surface area contributed by atoms with Crippen molar-refractivity contribution in [2.75, 3.05) is 51.8 Å². The van der Waals surface area contributed by atoms with Gasteiger partial charge >= 0.3 is 0 Å². The number of para-hydroxylation sites is 1. The number of aliphatic hydroxyl groups excluding tert-OH is 3. The van der Waals surface area contributed by atoms with Crippen molar-refractivity contribution in [3.05, 3.63) is 43.0 Å². The van der Waals surface area contributed by atoms with Crippen molar-refractivity contribution in [3.8, 4) is 0 Å². The van der Waals surface area contributed by atoms with Gasteiger partial charge in [0.1, 0.15) is 5.92 Å². The lowest BCUT2D eigenvalue weighted by Gasteiger charge is -2.14. The van der Waals surface area contributed by atoms with Crippen LogP contribution in [0.2, 0.25) is 0 Å². The van der Waals surface area contributed by atoms with Crippen molar-refractivity contribution >= 4 is 17.5 Å². The minimum Gasteiger partial charge on any atom is -0.394 e. The fourth-order valence-electron chi connectivity index (χ4n) is 2.24. The number of nitrogens with one attached hydrogen (secondary N) is 1. The first kappa shape index (κ1) is 36.3. The van der Waals surface area contributed by atoms with Crippen LogP contribution in [0.1, 0.15) is 47.0 Å². The Kier molecular flexibility index (Phi) is 30.7. The van der Waals surface area contributed by atoms with Crippen LogP contribution in [0.3, 0.4) is 0 Å². The molecular weight excluding hydrogens is 440 g/mol. The highest BCUT2D eigenvalue weighted by atomic mass is 16.5. The lowest BCUT2D eigenvalue weighted by atomic mass is 10.0. The van der Waals surface area contributed by atoms with Crippen molar-refractivity contribution < 1.29 is 34.4 Å². The molecule has 1 unspecified atom stereocenters. The molecule has 0 spiro atoms. The van der Waals surface area contributed by atoms with Crippen molar-refractivity contribution in [1.29, 1.82) is 0 Å². The summed E-state index contributed by atoms with van der Waals surface area (Å²) >= 11 is 0. The number of anilines is 1. The normalized spacial score (nSPS) is 13.5. The third-order valence-electron chi connectivity index (χ3n) is 3.72. The molecular formula is C25H46N2O7. The molecule has 34 heavy (non-hydrogen) atoms. The van der Waals surface area contributed by atoms with E-state index in [1.54, 1.807) is 25.3 Å². The lowest BCUT2D eigenvalue weighted by molar-refractivity contribution is -0.127. The topological polar surface area (TPSA) is 129 Å². The van der Waals surface area contributed by atoms with E-state index in [4.69, 9.17) is 20.1 Å². The Hall–Kier alpha value is -2.30. The fourth-order valence-corrected chi connectivity index (χ4v) is 2.24. The van der Waals surface area contributed by atoms with Crippen LogP contribution in [0.5, 0.6) is 0 Å². The summed E-state index contributed by atoms with van der Waals surface area (Å²) in [5.74, 6) is -0.850. The summed E-state index contributed by atoms with van der Waals surface area (Å²) in [4.78, 5) is 23.8. The third-order valence-corrected chi connectivity index (χ3v) is 3.72. The van der Waals surface area contributed by atoms with Gasteiger partial charge in [-0.1, -0.05) is 44.0 Å². The molecule has 2 rings (SSSR count). The van der Waals surface area contributed by atoms with Gasteiger partial charge in [-0.05, 0) is 39.3 Å². The van der Waals surface area contributed by atoms with Gasteiger partial charge in [-0.25, -0.2) is 5.01 Å². The molecule has 1 saturated heterocycles. The zero-order valence-electron chi connectivity index (χ0n) is 21.5. The molecule has 1 aliphatic rings. The van der Waals surface area contributed by atoms with E-state index in [-0.39, 0.29) is 31.6 Å². The van der Waals surface area contributed by atoms with E-state index in [0.29, 0.717) is 18.7 Å². The van der Waals surface area contributed by atoms with Crippen molar-refractivity contribution in [2.45, 2.75) is 47.0 Å². The molecule has 0 radical (unpaired) electrons. The first-order chi connectivity index (χ1) is 16.4. The van der Waals surface area contributed by atoms with Gasteiger partial charge in [0.25, 0.3) is 11.8 Å². The number of hydrazine groups is 1. The molecule has 0 aromatic heterocycles. The smallest absolute Gasteiger partial charge is 0.258 e. The van der Waals surface area contributed by atoms with Crippen LogP contribution in [-0.4, -0.2) is 73.9 Å². The van der Waals surface area contributed by atoms with Crippen LogP contribution in [0.4, 0.5) is 5.69 Å². The molecule has 1 fully saturated rings. The molecule has 4 N–H and O–H groups in total. The highest BCUT2D eigenvalue weighted by Crippen LogP contribution is 2.22. The summed E-state index contributed by atoms with van der Waals surface area (Å²) in [6, 6.07) is 9.17. The van der Waals surface area contributed by atoms with Gasteiger partial charge in [0.05, 0.1) is 32.1 Å². The van der Waals surface area contributed by atoms with Gasteiger partial charge in [-0.15, -0.1) is 6.58 Å². The van der Waals surface area contributed by atoms with Crippen LogP contribution in [0, 0.1) is 5.92 Å². The first-order valence-electron chi connectivity index (χ1n) is 11.6. The van der Waals surface area contributed by atoms with Gasteiger partial charge in [-0.3, -0.25) is 15.0 Å². The highest BCUT2D eigenvalue weighted by molar-refractivity contribution is 6.14. The molecule has 198 valence electrons. The van der Waals surface area contributed by atoms with Crippen molar-refractivity contribution in [1.82, 2.24) is 5.43 Å². The maximum atomic E-state index is 12.1. The Labute approximate surface area is 205 Å². The Bertz CT molecular complexity index is 574. The second-order valence-electron chi connectivity index (χ2n) is 6.53. The van der Waals surface area contributed by atoms with Gasteiger partial charge in [-0.2, -0.15) is 0 Å². The number of unbranched alkanes of at least 4 members (excludes halogenated alkanes) is 1. The summed E-state index contributed by atoms with van der Waals surface area (Å²) in [6.45, 7) is 13.3. The Balaban J connectivity index is -0.000000465. The SMILES string of the molecule is C=CC.CCCCC1C(=O)NN(c2ccccc2)C1=O.CCOCC.COCCO.OCCO. The van der Waals surface area contributed by atoms with E-state index in [2.05, 4.69) is 16.7 Å². The molecule has 0 bridgehead atoms. The van der Waals surface area contributed by atoms with Crippen LogP contribution in [0.15, 0.2) is 43.0 Å². The quantitative estimate of drug-likeness (QED) is 0.312. The molecule has 1 aromatic rings. The summed E-state index contributed by atoms with van der Waals surface area (Å²) < 4.78 is 9.27. The molecule has 1 heterocycles. The van der Waals surface area contributed by atoms with Gasteiger partial charge in [0.15, 0.2) is 0 Å². The van der Waals surface area contributed by atoms with Crippen LogP contribution in [0.25, 0.3) is 0 Å². The molecule has 9 nitrogen and oxygen atoms in total. The minimum absolute atomic E-state index is 0.122. The summed E-state index contributed by atoms with van der Waals surface area (Å²) in [5.41, 5.74) is 3.34. The maximum Gasteiger partial charge on any atom is 0.258 e. The third kappa shape index (κ3) is 20.3. The first-order valence-corrected chi connectivity index (χ1v) is 11.6. The fraction of sp³-hybridized carbons (Fsp3) is 0.600. The molecule has 0 saturated carbocycles. The Morgan fingerprint density at radius 2 is 1.56 bits per heavy atom. The number of hydrogen-bond acceptors (Lipinski definition) is 7. The second kappa shape index (κ2) is 28.7. The molecule has 9 heteroatoms. The molecule has 1 aromatic carbocycles. The number of benzene rings is 1. The lowest BCUT2D eigenvalue weighted by Crippen LogP contribution is -2.35. The Morgan fingerprint density at radius 1 is 1.03 bits per heavy atom. The maximum absolute atomic E-state index is 12.1. The van der Waals surface area contributed by atoms with Gasteiger partial charge in [0.2, 0.25) is 0 Å². The number of rotatable bonds is 9. The summed E-state index contributed by atoms with van der Waals surface area (Å²) in [5, 5.41) is 24.5. The molecule has 2 amide bonds. The number of hydrogen-bond donors (Lipinski definition) is 4. The average Bonchev–Trinajstić information content (AvgIpc) is 3.14. The predicted octanol–water partition coefficient (Wildman–Crippen LogP) is 2.70. The van der Waals surface area contributed by atoms with Gasteiger partial charge < -0.3 is 24.8 Å². The number of carbonyl (C=O) groups is 2. The monoisotopic (exact) mass is 486 g/mol. The number of ether oxygens (including phenoxy) is 2. The highest BCUT2D eigenvalue weighted by Gasteiger charge is 2.39. The zero-order chi connectivity index (χ0) is 26.6. The Morgan fingerprint density at radius 3 is 1.88 bits per heavy atom. The van der Waals surface area contributed by atoms with E-state index >= 15 is 0 Å². The van der Waals surface area contributed by atoms with Crippen LogP contribution in [-0.2, 0) is 19.1 Å². The van der Waals surface area contributed by atoms with E-state index in [9.17, 15) is 9.59 Å². The summed E-state index contributed by atoms with van der Waals surface area (Å²) in [6.07, 6.45) is 4.26. The predicted molar refractivity (Wildman–Crippen MR) is 136 cm³/mol. The number of allylic oxidation sites excluding steroid dienone is 1. The van der Waals surface area contributed by atoms with Gasteiger partial charge in [0, 0.05) is 20.3 Å². The summed E-state index contributed by atoms with van der Waals surface area (Å²) in [7, 11) is 1.55. The standard InChI is InChI=1S/C13H16N2O2.C4H10O.C3H8O2.C3H6.C2H6O2/c1-2-3-9-11-12(16)14-15(13(11)17)10-7-5-4-6-8-10;1-3-5-4-2;1-5-3-2-4;1-3-2;3-1-2-4/h4-8,11H,2-3,9H2,1H3,(H,14,16);3-4H2,1-2H3;4H,2-3H2,1H3;3H,1H2,2H3;3-4H,1-2H2. The molecule has 1 aliphatic heterocycles. The number of aliphatic hydroxyl groups is 3. The van der Waals surface area contributed by atoms with Crippen molar-refractivity contribution in [3.63, 3.8) is 0 Å². The largest absolute Gasteiger partial charge is 0.394 e. The molecule has 0 aliphatic carbocycles. The van der Waals surface area contributed by atoms with E-state index in [1.165, 1.54) is 5.01 Å². The number of nitrogens with zero attached hydrogens (tertiary/aromatic N) is 1. The van der Waals surface area contributed by atoms with E-state index in [1.807, 2.05) is 45.9 Å². The van der Waals surface area contributed by atoms with Crippen LogP contribution >= 0.6 is 0 Å². The molecule has 1 atom stereocenters.